The Labute approximate surface area is 128 Å². The maximum atomic E-state index is 6.02. The Morgan fingerprint density at radius 3 is 2.57 bits per heavy atom. The van der Waals surface area contributed by atoms with Gasteiger partial charge in [0, 0.05) is 17.3 Å². The maximum Gasteiger partial charge on any atom is 0.224 e. The Morgan fingerprint density at radius 2 is 1.71 bits per heavy atom. The summed E-state index contributed by atoms with van der Waals surface area (Å²) in [5, 5.41) is 4.81. The van der Waals surface area contributed by atoms with Gasteiger partial charge in [-0.3, -0.25) is 0 Å². The third-order valence-electron chi connectivity index (χ3n) is 3.92. The van der Waals surface area contributed by atoms with E-state index in [9.17, 15) is 0 Å². The predicted octanol–water partition coefficient (Wildman–Crippen LogP) is 4.25. The van der Waals surface area contributed by atoms with Crippen LogP contribution in [0.4, 0.5) is 5.82 Å². The van der Waals surface area contributed by atoms with Crippen molar-refractivity contribution < 1.29 is 0 Å². The van der Waals surface area contributed by atoms with Crippen LogP contribution in [0.25, 0.3) is 10.9 Å². The fourth-order valence-electron chi connectivity index (χ4n) is 2.76. The zero-order valence-electron chi connectivity index (χ0n) is 11.3. The minimum absolute atomic E-state index is 0.285. The Kier molecular flexibility index (Phi) is 3.00. The van der Waals surface area contributed by atoms with Gasteiger partial charge in [0.25, 0.3) is 0 Å². The van der Waals surface area contributed by atoms with E-state index >= 15 is 0 Å². The molecule has 1 saturated carbocycles. The normalized spacial score (nSPS) is 20.4. The summed E-state index contributed by atoms with van der Waals surface area (Å²) in [7, 11) is 0. The number of aromatic nitrogens is 2. The fraction of sp³-hybridized carbons (Fsp3) is 0.176. The molecule has 104 valence electrons. The van der Waals surface area contributed by atoms with Crippen LogP contribution >= 0.6 is 11.6 Å². The van der Waals surface area contributed by atoms with Crippen LogP contribution in [0, 0.1) is 0 Å². The van der Waals surface area contributed by atoms with Gasteiger partial charge in [-0.1, -0.05) is 42.5 Å². The summed E-state index contributed by atoms with van der Waals surface area (Å²) in [6, 6.07) is 18.9. The molecule has 1 heterocycles. The SMILES string of the molecule is Clc1nc(NC2CC2c2ccccc2)c2ccccc2n1. The number of benzene rings is 2. The second kappa shape index (κ2) is 5.01. The first-order valence-electron chi connectivity index (χ1n) is 7.05. The Morgan fingerprint density at radius 1 is 0.952 bits per heavy atom. The number of hydrogen-bond acceptors (Lipinski definition) is 3. The Hall–Kier alpha value is -2.13. The summed E-state index contributed by atoms with van der Waals surface area (Å²) in [5.41, 5.74) is 2.25. The summed E-state index contributed by atoms with van der Waals surface area (Å²) in [6.45, 7) is 0. The second-order valence-electron chi connectivity index (χ2n) is 5.36. The van der Waals surface area contributed by atoms with Crippen LogP contribution in [0.15, 0.2) is 54.6 Å². The van der Waals surface area contributed by atoms with Gasteiger partial charge in [0.1, 0.15) is 5.82 Å². The fourth-order valence-corrected chi connectivity index (χ4v) is 2.93. The standard InChI is InChI=1S/C17H14ClN3/c18-17-20-14-9-5-4-8-12(14)16(21-17)19-15-10-13(15)11-6-2-1-3-7-11/h1-9,13,15H,10H2,(H,19,20,21). The van der Waals surface area contributed by atoms with Crippen LogP contribution in [0.1, 0.15) is 17.9 Å². The molecule has 0 amide bonds. The van der Waals surface area contributed by atoms with Gasteiger partial charge in [-0.25, -0.2) is 9.97 Å². The minimum atomic E-state index is 0.285. The number of nitrogens with zero attached hydrogens (tertiary/aromatic N) is 2. The summed E-state index contributed by atoms with van der Waals surface area (Å²) in [6.07, 6.45) is 1.12. The lowest BCUT2D eigenvalue weighted by molar-refractivity contribution is 1.03. The van der Waals surface area contributed by atoms with E-state index < -0.39 is 0 Å². The summed E-state index contributed by atoms with van der Waals surface area (Å²) in [5.74, 6) is 1.38. The topological polar surface area (TPSA) is 37.8 Å². The third-order valence-corrected chi connectivity index (χ3v) is 4.09. The van der Waals surface area contributed by atoms with Crippen LogP contribution < -0.4 is 5.32 Å². The number of nitrogens with one attached hydrogen (secondary N) is 1. The van der Waals surface area contributed by atoms with Crippen molar-refractivity contribution in [1.82, 2.24) is 9.97 Å². The van der Waals surface area contributed by atoms with E-state index in [-0.39, 0.29) is 5.28 Å². The van der Waals surface area contributed by atoms with E-state index in [2.05, 4.69) is 39.6 Å². The van der Waals surface area contributed by atoms with E-state index in [1.54, 1.807) is 0 Å². The Bertz CT molecular complexity index is 788. The molecule has 1 fully saturated rings. The largest absolute Gasteiger partial charge is 0.366 e. The quantitative estimate of drug-likeness (QED) is 0.734. The highest BCUT2D eigenvalue weighted by Gasteiger charge is 2.38. The Balaban J connectivity index is 1.62. The van der Waals surface area contributed by atoms with Gasteiger partial charge in [0.2, 0.25) is 5.28 Å². The highest BCUT2D eigenvalue weighted by Crippen LogP contribution is 2.43. The van der Waals surface area contributed by atoms with E-state index in [0.29, 0.717) is 12.0 Å². The number of fused-ring (bicyclic) bond motifs is 1. The highest BCUT2D eigenvalue weighted by molar-refractivity contribution is 6.28. The van der Waals surface area contributed by atoms with Gasteiger partial charge in [-0.2, -0.15) is 0 Å². The van der Waals surface area contributed by atoms with Gasteiger partial charge in [0.05, 0.1) is 5.52 Å². The summed E-state index contributed by atoms with van der Waals surface area (Å²) >= 11 is 6.02. The summed E-state index contributed by atoms with van der Waals surface area (Å²) < 4.78 is 0. The minimum Gasteiger partial charge on any atom is -0.366 e. The zero-order valence-corrected chi connectivity index (χ0v) is 12.1. The van der Waals surface area contributed by atoms with Crippen molar-refractivity contribution >= 4 is 28.3 Å². The van der Waals surface area contributed by atoms with Gasteiger partial charge >= 0.3 is 0 Å². The van der Waals surface area contributed by atoms with Crippen LogP contribution in [0.3, 0.4) is 0 Å². The lowest BCUT2D eigenvalue weighted by Crippen LogP contribution is -2.07. The number of halogens is 1. The zero-order chi connectivity index (χ0) is 14.2. The highest BCUT2D eigenvalue weighted by atomic mass is 35.5. The molecule has 4 heteroatoms. The number of anilines is 1. The molecule has 1 aliphatic rings. The molecule has 1 aromatic heterocycles. The predicted molar refractivity (Wildman–Crippen MR) is 85.8 cm³/mol. The van der Waals surface area contributed by atoms with Crippen LogP contribution in [-0.4, -0.2) is 16.0 Å². The first-order chi connectivity index (χ1) is 10.3. The maximum absolute atomic E-state index is 6.02. The first-order valence-corrected chi connectivity index (χ1v) is 7.43. The molecule has 0 radical (unpaired) electrons. The van der Waals surface area contributed by atoms with Gasteiger partial charge in [-0.05, 0) is 35.7 Å². The average Bonchev–Trinajstić information content (AvgIpc) is 3.27. The molecule has 0 aliphatic heterocycles. The lowest BCUT2D eigenvalue weighted by atomic mass is 10.1. The van der Waals surface area contributed by atoms with Gasteiger partial charge in [0.15, 0.2) is 0 Å². The number of hydrogen-bond donors (Lipinski definition) is 1. The van der Waals surface area contributed by atoms with Crippen LogP contribution in [0.5, 0.6) is 0 Å². The molecule has 2 aromatic carbocycles. The summed E-state index contributed by atoms with van der Waals surface area (Å²) in [4.78, 5) is 8.61. The van der Waals surface area contributed by atoms with Crippen molar-refractivity contribution in [3.8, 4) is 0 Å². The molecule has 2 atom stereocenters. The molecule has 3 aromatic rings. The van der Waals surface area contributed by atoms with Crippen molar-refractivity contribution in [2.75, 3.05) is 5.32 Å². The van der Waals surface area contributed by atoms with E-state index in [1.165, 1.54) is 5.56 Å². The molecule has 4 rings (SSSR count). The van der Waals surface area contributed by atoms with E-state index in [0.717, 1.165) is 23.1 Å². The van der Waals surface area contributed by atoms with Crippen molar-refractivity contribution in [1.29, 1.82) is 0 Å². The molecular weight excluding hydrogens is 282 g/mol. The lowest BCUT2D eigenvalue weighted by Gasteiger charge is -2.09. The molecular formula is C17H14ClN3. The van der Waals surface area contributed by atoms with E-state index in [1.807, 2.05) is 30.3 Å². The van der Waals surface area contributed by atoms with Crippen molar-refractivity contribution in [3.63, 3.8) is 0 Å². The second-order valence-corrected chi connectivity index (χ2v) is 5.70. The smallest absolute Gasteiger partial charge is 0.224 e. The molecule has 21 heavy (non-hydrogen) atoms. The molecule has 0 saturated heterocycles. The van der Waals surface area contributed by atoms with Crippen molar-refractivity contribution in [3.05, 3.63) is 65.4 Å². The molecule has 0 bridgehead atoms. The molecule has 1 aliphatic carbocycles. The van der Waals surface area contributed by atoms with Crippen molar-refractivity contribution in [2.24, 2.45) is 0 Å². The monoisotopic (exact) mass is 295 g/mol. The van der Waals surface area contributed by atoms with Crippen LogP contribution in [0.2, 0.25) is 5.28 Å². The molecule has 1 N–H and O–H groups in total. The number of rotatable bonds is 3. The first kappa shape index (κ1) is 12.6. The van der Waals surface area contributed by atoms with Gasteiger partial charge < -0.3 is 5.32 Å². The average molecular weight is 296 g/mol. The third kappa shape index (κ3) is 2.45. The molecule has 3 nitrogen and oxygen atoms in total. The number of para-hydroxylation sites is 1. The van der Waals surface area contributed by atoms with E-state index in [4.69, 9.17) is 11.6 Å². The van der Waals surface area contributed by atoms with Crippen LogP contribution in [-0.2, 0) is 0 Å². The van der Waals surface area contributed by atoms with Gasteiger partial charge in [-0.15, -0.1) is 0 Å². The molecule has 2 unspecified atom stereocenters. The molecule has 0 spiro atoms. The van der Waals surface area contributed by atoms with Crippen molar-refractivity contribution in [2.45, 2.75) is 18.4 Å².